The Balaban J connectivity index is 2.67. The molecular weight excluding hydrogens is 286 g/mol. The fraction of sp³-hybridized carbons (Fsp3) is 0.533. The molecule has 1 aromatic carbocycles. The van der Waals surface area contributed by atoms with Crippen molar-refractivity contribution in [2.45, 2.75) is 39.4 Å². The molecule has 21 heavy (non-hydrogen) atoms. The summed E-state index contributed by atoms with van der Waals surface area (Å²) in [6.45, 7) is 3.79. The number of hydrogen-bond donors (Lipinski definition) is 0. The molecule has 0 unspecified atom stereocenters. The number of Topliss-reactive ketones (excluding diaryl/α,β-unsaturated/α-hetero) is 1. The van der Waals surface area contributed by atoms with Crippen molar-refractivity contribution in [1.82, 2.24) is 4.90 Å². The maximum absolute atomic E-state index is 13.4. The molecule has 0 aromatic heterocycles. The van der Waals surface area contributed by atoms with Crippen molar-refractivity contribution in [3.05, 3.63) is 35.1 Å². The van der Waals surface area contributed by atoms with Crippen LogP contribution in [0.25, 0.3) is 0 Å². The molecule has 0 aliphatic rings. The lowest BCUT2D eigenvalue weighted by Crippen LogP contribution is -2.40. The summed E-state index contributed by atoms with van der Waals surface area (Å²) >= 11 is 0. The van der Waals surface area contributed by atoms with E-state index in [1.165, 1.54) is 17.0 Å². The first-order valence-corrected chi connectivity index (χ1v) is 6.70. The zero-order valence-corrected chi connectivity index (χ0v) is 12.3. The third kappa shape index (κ3) is 5.83. The predicted molar refractivity (Wildman–Crippen MR) is 72.8 cm³/mol. The van der Waals surface area contributed by atoms with Gasteiger partial charge in [0, 0.05) is 24.6 Å². The van der Waals surface area contributed by atoms with Gasteiger partial charge in [-0.25, -0.2) is 4.39 Å². The Morgan fingerprint density at radius 3 is 2.38 bits per heavy atom. The van der Waals surface area contributed by atoms with Crippen molar-refractivity contribution in [2.75, 3.05) is 13.1 Å². The molecule has 0 heterocycles. The maximum atomic E-state index is 13.4. The molecule has 0 aliphatic heterocycles. The number of benzene rings is 1. The molecule has 0 saturated carbocycles. The van der Waals surface area contributed by atoms with Crippen LogP contribution in [-0.2, 0) is 0 Å². The lowest BCUT2D eigenvalue weighted by atomic mass is 10.1. The lowest BCUT2D eigenvalue weighted by Gasteiger charge is -2.27. The van der Waals surface area contributed by atoms with Crippen molar-refractivity contribution in [3.63, 3.8) is 0 Å². The predicted octanol–water partition coefficient (Wildman–Crippen LogP) is 3.98. The summed E-state index contributed by atoms with van der Waals surface area (Å²) in [6.07, 6.45) is -4.37. The van der Waals surface area contributed by atoms with Gasteiger partial charge in [-0.3, -0.25) is 9.69 Å². The van der Waals surface area contributed by atoms with Crippen LogP contribution in [0.1, 0.15) is 36.2 Å². The second-order valence-electron chi connectivity index (χ2n) is 5.32. The van der Waals surface area contributed by atoms with E-state index in [1.807, 2.05) is 0 Å². The van der Waals surface area contributed by atoms with Crippen molar-refractivity contribution < 1.29 is 22.4 Å². The molecule has 0 bridgehead atoms. The van der Waals surface area contributed by atoms with Crippen LogP contribution in [0.2, 0.25) is 0 Å². The molecule has 0 atom stereocenters. The number of nitrogens with zero attached hydrogens (tertiary/aromatic N) is 1. The number of carbonyl (C=O) groups is 1. The molecule has 0 amide bonds. The van der Waals surface area contributed by atoms with Gasteiger partial charge in [0.2, 0.25) is 0 Å². The molecular formula is C15H19F4NO. The molecule has 0 saturated heterocycles. The highest BCUT2D eigenvalue weighted by Gasteiger charge is 2.31. The summed E-state index contributed by atoms with van der Waals surface area (Å²) in [5, 5.41) is 0. The third-order valence-corrected chi connectivity index (χ3v) is 3.23. The number of hydrogen-bond acceptors (Lipinski definition) is 2. The first-order valence-electron chi connectivity index (χ1n) is 6.70. The van der Waals surface area contributed by atoms with Crippen molar-refractivity contribution in [3.8, 4) is 0 Å². The normalized spacial score (nSPS) is 12.2. The zero-order valence-electron chi connectivity index (χ0n) is 12.3. The van der Waals surface area contributed by atoms with Crippen LogP contribution in [-0.4, -0.2) is 36.0 Å². The zero-order chi connectivity index (χ0) is 16.2. The van der Waals surface area contributed by atoms with Crippen LogP contribution >= 0.6 is 0 Å². The van der Waals surface area contributed by atoms with Crippen LogP contribution in [0.5, 0.6) is 0 Å². The molecule has 0 radical (unpaired) electrons. The Kier molecular flexibility index (Phi) is 5.89. The van der Waals surface area contributed by atoms with E-state index < -0.39 is 18.5 Å². The Hall–Kier alpha value is -1.43. The lowest BCUT2D eigenvalue weighted by molar-refractivity contribution is -0.149. The van der Waals surface area contributed by atoms with E-state index in [0.717, 1.165) is 6.07 Å². The Bertz CT molecular complexity index is 497. The number of carbonyl (C=O) groups excluding carboxylic acids is 1. The third-order valence-electron chi connectivity index (χ3n) is 3.23. The second kappa shape index (κ2) is 7.02. The van der Waals surface area contributed by atoms with Gasteiger partial charge in [-0.2, -0.15) is 13.2 Å². The summed E-state index contributed by atoms with van der Waals surface area (Å²) in [6, 6.07) is 3.78. The largest absolute Gasteiger partial charge is 0.401 e. The van der Waals surface area contributed by atoms with Crippen LogP contribution in [0.4, 0.5) is 17.6 Å². The average Bonchev–Trinajstić information content (AvgIpc) is 2.35. The van der Waals surface area contributed by atoms with Gasteiger partial charge in [-0.15, -0.1) is 0 Å². The van der Waals surface area contributed by atoms with Gasteiger partial charge < -0.3 is 0 Å². The standard InChI is InChI=1S/C15H19F4NO/c1-10(2)20(9-15(17,18)19)7-6-14(21)12-5-4-11(3)13(16)8-12/h4-5,8,10H,6-7,9H2,1-3H3. The summed E-state index contributed by atoms with van der Waals surface area (Å²) < 4.78 is 50.7. The molecule has 0 N–H and O–H groups in total. The highest BCUT2D eigenvalue weighted by atomic mass is 19.4. The first kappa shape index (κ1) is 17.6. The number of rotatable bonds is 6. The van der Waals surface area contributed by atoms with Crippen LogP contribution in [0, 0.1) is 12.7 Å². The van der Waals surface area contributed by atoms with Crippen LogP contribution in [0.3, 0.4) is 0 Å². The van der Waals surface area contributed by atoms with E-state index in [0.29, 0.717) is 5.56 Å². The van der Waals surface area contributed by atoms with Gasteiger partial charge in [0.25, 0.3) is 0 Å². The van der Waals surface area contributed by atoms with E-state index >= 15 is 0 Å². The van der Waals surface area contributed by atoms with Gasteiger partial charge in [-0.05, 0) is 32.4 Å². The number of halogens is 4. The highest BCUT2D eigenvalue weighted by molar-refractivity contribution is 5.96. The van der Waals surface area contributed by atoms with Gasteiger partial charge in [0.15, 0.2) is 5.78 Å². The summed E-state index contributed by atoms with van der Waals surface area (Å²) in [5.41, 5.74) is 0.612. The highest BCUT2D eigenvalue weighted by Crippen LogP contribution is 2.19. The molecule has 0 aliphatic carbocycles. The number of ketones is 1. The van der Waals surface area contributed by atoms with Crippen LogP contribution in [0.15, 0.2) is 18.2 Å². The van der Waals surface area contributed by atoms with Crippen LogP contribution < -0.4 is 0 Å². The van der Waals surface area contributed by atoms with E-state index in [1.54, 1.807) is 20.8 Å². The van der Waals surface area contributed by atoms with Gasteiger partial charge in [0.05, 0.1) is 6.54 Å². The number of aryl methyl sites for hydroxylation is 1. The van der Waals surface area contributed by atoms with E-state index in [9.17, 15) is 22.4 Å². The Morgan fingerprint density at radius 1 is 1.29 bits per heavy atom. The van der Waals surface area contributed by atoms with Gasteiger partial charge in [0.1, 0.15) is 5.82 Å². The SMILES string of the molecule is Cc1ccc(C(=O)CCN(CC(F)(F)F)C(C)C)cc1F. The molecule has 2 nitrogen and oxygen atoms in total. The Labute approximate surface area is 121 Å². The summed E-state index contributed by atoms with van der Waals surface area (Å²) in [7, 11) is 0. The average molecular weight is 305 g/mol. The van der Waals surface area contributed by atoms with Crippen molar-refractivity contribution in [1.29, 1.82) is 0 Å². The molecule has 1 rings (SSSR count). The minimum absolute atomic E-state index is 0.00843. The molecule has 1 aromatic rings. The van der Waals surface area contributed by atoms with Crippen molar-refractivity contribution >= 4 is 5.78 Å². The molecule has 118 valence electrons. The summed E-state index contributed by atoms with van der Waals surface area (Å²) in [4.78, 5) is 13.1. The van der Waals surface area contributed by atoms with E-state index in [4.69, 9.17) is 0 Å². The minimum atomic E-state index is -4.30. The molecule has 0 fully saturated rings. The summed E-state index contributed by atoms with van der Waals surface area (Å²) in [5.74, 6) is -0.849. The molecule has 0 spiro atoms. The topological polar surface area (TPSA) is 20.3 Å². The fourth-order valence-corrected chi connectivity index (χ4v) is 1.91. The monoisotopic (exact) mass is 305 g/mol. The fourth-order valence-electron chi connectivity index (χ4n) is 1.91. The van der Waals surface area contributed by atoms with E-state index in [-0.39, 0.29) is 30.4 Å². The Morgan fingerprint density at radius 2 is 1.90 bits per heavy atom. The van der Waals surface area contributed by atoms with Gasteiger partial charge >= 0.3 is 6.18 Å². The van der Waals surface area contributed by atoms with Gasteiger partial charge in [-0.1, -0.05) is 12.1 Å². The smallest absolute Gasteiger partial charge is 0.294 e. The van der Waals surface area contributed by atoms with E-state index in [2.05, 4.69) is 0 Å². The quantitative estimate of drug-likeness (QED) is 0.585. The maximum Gasteiger partial charge on any atom is 0.401 e. The second-order valence-corrected chi connectivity index (χ2v) is 5.32. The molecule has 6 heteroatoms. The first-order chi connectivity index (χ1) is 9.60. The number of alkyl halides is 3. The van der Waals surface area contributed by atoms with Crippen molar-refractivity contribution in [2.24, 2.45) is 0 Å². The minimum Gasteiger partial charge on any atom is -0.294 e.